The minimum atomic E-state index is -4.04. The number of carboxylic acids is 1. The summed E-state index contributed by atoms with van der Waals surface area (Å²) in [5.74, 6) is -1.27. The molecule has 8 nitrogen and oxygen atoms in total. The number of carbonyl (C=O) groups is 1. The van der Waals surface area contributed by atoms with E-state index < -0.39 is 26.9 Å². The first-order valence-electron chi connectivity index (χ1n) is 5.71. The average Bonchev–Trinajstić information content (AvgIpc) is 2.68. The Morgan fingerprint density at radius 2 is 2.20 bits per heavy atom. The van der Waals surface area contributed by atoms with Gasteiger partial charge in [-0.1, -0.05) is 11.3 Å². The van der Waals surface area contributed by atoms with E-state index in [1.165, 1.54) is 14.0 Å². The summed E-state index contributed by atoms with van der Waals surface area (Å²) >= 11 is 0.524. The van der Waals surface area contributed by atoms with Crippen LogP contribution in [0, 0.1) is 6.92 Å². The Balaban J connectivity index is 2.89. The van der Waals surface area contributed by atoms with Crippen molar-refractivity contribution in [3.05, 3.63) is 15.4 Å². The van der Waals surface area contributed by atoms with Gasteiger partial charge in [-0.25, -0.2) is 8.42 Å². The SMILES string of the molecule is COCCCC(NS(=O)(=O)c1sc(=O)[nH]c1C)C(=O)O. The summed E-state index contributed by atoms with van der Waals surface area (Å²) in [4.78, 5) is 24.0. The van der Waals surface area contributed by atoms with E-state index in [4.69, 9.17) is 9.84 Å². The molecule has 1 aromatic heterocycles. The fraction of sp³-hybridized carbons (Fsp3) is 0.600. The molecule has 0 radical (unpaired) electrons. The highest BCUT2D eigenvalue weighted by Crippen LogP contribution is 2.16. The van der Waals surface area contributed by atoms with Gasteiger partial charge in [-0.15, -0.1) is 0 Å². The van der Waals surface area contributed by atoms with Gasteiger partial charge < -0.3 is 14.8 Å². The van der Waals surface area contributed by atoms with Crippen LogP contribution in [0.25, 0.3) is 0 Å². The molecule has 3 N–H and O–H groups in total. The molecule has 1 rings (SSSR count). The lowest BCUT2D eigenvalue weighted by molar-refractivity contribution is -0.139. The first-order valence-corrected chi connectivity index (χ1v) is 8.01. The number of aliphatic carboxylic acids is 1. The lowest BCUT2D eigenvalue weighted by atomic mass is 10.2. The molecule has 1 atom stereocenters. The van der Waals surface area contributed by atoms with Crippen LogP contribution in [0.5, 0.6) is 0 Å². The summed E-state index contributed by atoms with van der Waals surface area (Å²) < 4.78 is 30.8. The molecule has 1 unspecified atom stereocenters. The van der Waals surface area contributed by atoms with Gasteiger partial charge in [0.05, 0.1) is 0 Å². The lowest BCUT2D eigenvalue weighted by Crippen LogP contribution is -2.40. The van der Waals surface area contributed by atoms with Gasteiger partial charge in [0.25, 0.3) is 10.0 Å². The molecule has 0 aliphatic rings. The second-order valence-electron chi connectivity index (χ2n) is 4.07. The maximum absolute atomic E-state index is 12.1. The number of ether oxygens (including phenoxy) is 1. The molecule has 0 amide bonds. The lowest BCUT2D eigenvalue weighted by Gasteiger charge is -2.13. The second-order valence-corrected chi connectivity index (χ2v) is 6.97. The van der Waals surface area contributed by atoms with Gasteiger partial charge in [-0.3, -0.25) is 9.59 Å². The predicted octanol–water partition coefficient (Wildman–Crippen LogP) is -0.0971. The zero-order valence-electron chi connectivity index (χ0n) is 11.0. The van der Waals surface area contributed by atoms with Crippen molar-refractivity contribution in [2.24, 2.45) is 0 Å². The Hall–Kier alpha value is -1.23. The molecular weight excluding hydrogens is 308 g/mol. The number of thiazole rings is 1. The number of aryl methyl sites for hydroxylation is 1. The molecule has 0 aliphatic heterocycles. The zero-order chi connectivity index (χ0) is 15.3. The van der Waals surface area contributed by atoms with Crippen LogP contribution in [0.2, 0.25) is 0 Å². The number of nitrogens with one attached hydrogen (secondary N) is 2. The summed E-state index contributed by atoms with van der Waals surface area (Å²) in [6.45, 7) is 1.77. The van der Waals surface area contributed by atoms with Crippen molar-refractivity contribution in [3.63, 3.8) is 0 Å². The Morgan fingerprint density at radius 3 is 2.65 bits per heavy atom. The Morgan fingerprint density at radius 1 is 1.55 bits per heavy atom. The van der Waals surface area contributed by atoms with E-state index in [0.29, 0.717) is 24.4 Å². The third-order valence-electron chi connectivity index (χ3n) is 2.46. The summed E-state index contributed by atoms with van der Waals surface area (Å²) in [6.07, 6.45) is 0.499. The summed E-state index contributed by atoms with van der Waals surface area (Å²) in [5.41, 5.74) is 0.188. The predicted molar refractivity (Wildman–Crippen MR) is 72.5 cm³/mol. The highest BCUT2D eigenvalue weighted by molar-refractivity contribution is 7.91. The fourth-order valence-corrected chi connectivity index (χ4v) is 4.09. The van der Waals surface area contributed by atoms with Crippen molar-refractivity contribution in [1.29, 1.82) is 0 Å². The maximum Gasteiger partial charge on any atom is 0.321 e. The number of H-pyrrole nitrogens is 1. The molecule has 0 saturated heterocycles. The smallest absolute Gasteiger partial charge is 0.321 e. The number of methoxy groups -OCH3 is 1. The standard InChI is InChI=1S/C10H16N2O6S2/c1-6-9(19-10(15)11-6)20(16,17)12-7(8(13)14)4-3-5-18-2/h7,12H,3-5H2,1-2H3,(H,11,15)(H,13,14). The van der Waals surface area contributed by atoms with Crippen LogP contribution in [0.15, 0.2) is 9.00 Å². The number of aromatic amines is 1. The summed E-state index contributed by atoms with van der Waals surface area (Å²) in [5, 5.41) is 9.02. The summed E-state index contributed by atoms with van der Waals surface area (Å²) in [6, 6.07) is -1.26. The monoisotopic (exact) mass is 324 g/mol. The number of aromatic nitrogens is 1. The minimum Gasteiger partial charge on any atom is -0.480 e. The van der Waals surface area contributed by atoms with Gasteiger partial charge in [-0.05, 0) is 19.8 Å². The van der Waals surface area contributed by atoms with E-state index in [-0.39, 0.29) is 16.3 Å². The van der Waals surface area contributed by atoms with Crippen LogP contribution < -0.4 is 9.60 Å². The highest BCUT2D eigenvalue weighted by Gasteiger charge is 2.27. The maximum atomic E-state index is 12.1. The van der Waals surface area contributed by atoms with Crippen molar-refractivity contribution in [2.45, 2.75) is 30.0 Å². The molecule has 0 spiro atoms. The quantitative estimate of drug-likeness (QED) is 0.573. The molecule has 1 heterocycles. The van der Waals surface area contributed by atoms with Crippen LogP contribution in [0.1, 0.15) is 18.5 Å². The van der Waals surface area contributed by atoms with Gasteiger partial charge in [0.1, 0.15) is 6.04 Å². The van der Waals surface area contributed by atoms with Crippen molar-refractivity contribution in [3.8, 4) is 0 Å². The number of carboxylic acid groups (broad SMARTS) is 1. The van der Waals surface area contributed by atoms with E-state index in [1.807, 2.05) is 0 Å². The number of hydrogen-bond acceptors (Lipinski definition) is 6. The largest absolute Gasteiger partial charge is 0.480 e. The number of rotatable bonds is 8. The van der Waals surface area contributed by atoms with Crippen LogP contribution in [-0.4, -0.2) is 44.2 Å². The number of hydrogen-bond donors (Lipinski definition) is 3. The van der Waals surface area contributed by atoms with E-state index in [0.717, 1.165) is 0 Å². The first-order chi connectivity index (χ1) is 9.27. The van der Waals surface area contributed by atoms with Crippen LogP contribution >= 0.6 is 11.3 Å². The number of sulfonamides is 1. The topological polar surface area (TPSA) is 126 Å². The Labute approximate surface area is 119 Å². The van der Waals surface area contributed by atoms with Crippen molar-refractivity contribution in [1.82, 2.24) is 9.71 Å². The molecule has 10 heteroatoms. The second kappa shape index (κ2) is 6.97. The molecule has 0 aromatic carbocycles. The molecular formula is C10H16N2O6S2. The molecule has 114 valence electrons. The van der Waals surface area contributed by atoms with Crippen LogP contribution in [0.4, 0.5) is 0 Å². The zero-order valence-corrected chi connectivity index (χ0v) is 12.6. The van der Waals surface area contributed by atoms with Gasteiger partial charge in [0.2, 0.25) is 0 Å². The molecule has 0 fully saturated rings. The van der Waals surface area contributed by atoms with E-state index in [1.54, 1.807) is 0 Å². The Bertz CT molecular complexity index is 618. The van der Waals surface area contributed by atoms with Crippen molar-refractivity contribution >= 4 is 27.3 Å². The normalized spacial score (nSPS) is 13.3. The Kier molecular flexibility index (Phi) is 5.87. The van der Waals surface area contributed by atoms with Crippen LogP contribution in [0.3, 0.4) is 0 Å². The summed E-state index contributed by atoms with van der Waals surface area (Å²) in [7, 11) is -2.56. The van der Waals surface area contributed by atoms with Crippen LogP contribution in [-0.2, 0) is 19.6 Å². The average molecular weight is 324 g/mol. The molecule has 0 bridgehead atoms. The fourth-order valence-electron chi connectivity index (χ4n) is 1.55. The van der Waals surface area contributed by atoms with Crippen molar-refractivity contribution in [2.75, 3.05) is 13.7 Å². The highest BCUT2D eigenvalue weighted by atomic mass is 32.2. The third-order valence-corrected chi connectivity index (χ3v) is 5.54. The molecule has 0 saturated carbocycles. The van der Waals surface area contributed by atoms with Gasteiger partial charge >= 0.3 is 10.8 Å². The molecule has 0 aliphatic carbocycles. The van der Waals surface area contributed by atoms with E-state index in [9.17, 15) is 18.0 Å². The molecule has 1 aromatic rings. The minimum absolute atomic E-state index is 0.0980. The first kappa shape index (κ1) is 16.8. The third kappa shape index (κ3) is 4.40. The van der Waals surface area contributed by atoms with E-state index in [2.05, 4.69) is 9.71 Å². The molecule has 20 heavy (non-hydrogen) atoms. The van der Waals surface area contributed by atoms with Gasteiger partial charge in [0.15, 0.2) is 4.21 Å². The van der Waals surface area contributed by atoms with E-state index >= 15 is 0 Å². The van der Waals surface area contributed by atoms with Crippen molar-refractivity contribution < 1.29 is 23.1 Å². The van der Waals surface area contributed by atoms with Gasteiger partial charge in [0, 0.05) is 19.4 Å². The van der Waals surface area contributed by atoms with Gasteiger partial charge in [-0.2, -0.15) is 4.72 Å².